The minimum absolute atomic E-state index is 0.00990. The van der Waals surface area contributed by atoms with Crippen molar-refractivity contribution >= 4 is 11.8 Å². The Hall–Kier alpha value is -2.08. The maximum absolute atomic E-state index is 12.8. The molecule has 6 nitrogen and oxygen atoms in total. The zero-order valence-electron chi connectivity index (χ0n) is 17.2. The first-order valence-electron chi connectivity index (χ1n) is 10.5. The Labute approximate surface area is 168 Å². The van der Waals surface area contributed by atoms with Gasteiger partial charge in [-0.2, -0.15) is 0 Å². The minimum atomic E-state index is 0.00990. The molecule has 2 fully saturated rings. The van der Waals surface area contributed by atoms with Gasteiger partial charge in [0.25, 0.3) is 0 Å². The van der Waals surface area contributed by atoms with Gasteiger partial charge in [0.2, 0.25) is 11.8 Å². The molecule has 1 N–H and O–H groups in total. The van der Waals surface area contributed by atoms with Crippen molar-refractivity contribution in [2.24, 2.45) is 11.8 Å². The number of likely N-dealkylation sites (N-methyl/N-ethyl adjacent to an activating group) is 1. The highest BCUT2D eigenvalue weighted by atomic mass is 16.5. The van der Waals surface area contributed by atoms with Gasteiger partial charge in [0.1, 0.15) is 5.75 Å². The molecule has 6 heteroatoms. The van der Waals surface area contributed by atoms with Crippen molar-refractivity contribution in [2.45, 2.75) is 39.2 Å². The third-order valence-electron chi connectivity index (χ3n) is 6.22. The van der Waals surface area contributed by atoms with Crippen LogP contribution in [0.1, 0.15) is 38.2 Å². The Kier molecular flexibility index (Phi) is 7.31. The van der Waals surface area contributed by atoms with Crippen molar-refractivity contribution in [1.82, 2.24) is 15.1 Å². The Morgan fingerprint density at radius 3 is 2.32 bits per heavy atom. The van der Waals surface area contributed by atoms with E-state index in [2.05, 4.69) is 17.1 Å². The van der Waals surface area contributed by atoms with Crippen molar-refractivity contribution < 1.29 is 14.3 Å². The lowest BCUT2D eigenvalue weighted by molar-refractivity contribution is -0.140. The molecule has 1 aliphatic carbocycles. The maximum atomic E-state index is 12.8. The molecule has 2 amide bonds. The number of carbonyl (C=O) groups is 2. The fourth-order valence-corrected chi connectivity index (χ4v) is 4.32. The molecule has 0 aromatic heterocycles. The first-order chi connectivity index (χ1) is 13.6. The second-order valence-corrected chi connectivity index (χ2v) is 7.84. The molecule has 0 radical (unpaired) electrons. The third kappa shape index (κ3) is 5.04. The van der Waals surface area contributed by atoms with Gasteiger partial charge in [-0.3, -0.25) is 9.59 Å². The van der Waals surface area contributed by atoms with Gasteiger partial charge in [-0.25, -0.2) is 0 Å². The molecule has 1 aromatic rings. The van der Waals surface area contributed by atoms with Gasteiger partial charge >= 0.3 is 0 Å². The number of ether oxygens (including phenoxy) is 1. The molecular formula is C22H33N3O3. The number of rotatable bonds is 6. The summed E-state index contributed by atoms with van der Waals surface area (Å²) in [5.41, 5.74) is 0.980. The summed E-state index contributed by atoms with van der Waals surface area (Å²) in [5, 5.41) is 3.04. The molecule has 0 atom stereocenters. The predicted octanol–water partition coefficient (Wildman–Crippen LogP) is 2.28. The zero-order chi connectivity index (χ0) is 19.9. The fraction of sp³-hybridized carbons (Fsp3) is 0.636. The van der Waals surface area contributed by atoms with E-state index < -0.39 is 0 Å². The van der Waals surface area contributed by atoms with Crippen molar-refractivity contribution in [3.8, 4) is 5.75 Å². The third-order valence-corrected chi connectivity index (χ3v) is 6.22. The average Bonchev–Trinajstić information content (AvgIpc) is 2.77. The monoisotopic (exact) mass is 387 g/mol. The zero-order valence-corrected chi connectivity index (χ0v) is 17.2. The number of piperazine rings is 1. The van der Waals surface area contributed by atoms with E-state index in [1.54, 1.807) is 7.11 Å². The molecule has 1 heterocycles. The van der Waals surface area contributed by atoms with E-state index in [1.807, 2.05) is 29.2 Å². The van der Waals surface area contributed by atoms with E-state index in [-0.39, 0.29) is 17.7 Å². The topological polar surface area (TPSA) is 61.9 Å². The van der Waals surface area contributed by atoms with E-state index in [0.717, 1.165) is 69.7 Å². The summed E-state index contributed by atoms with van der Waals surface area (Å²) in [5.74, 6) is 1.28. The molecule has 0 bridgehead atoms. The number of benzene rings is 1. The minimum Gasteiger partial charge on any atom is -0.496 e. The smallest absolute Gasteiger partial charge is 0.225 e. The summed E-state index contributed by atoms with van der Waals surface area (Å²) in [6.07, 6.45) is 3.23. The van der Waals surface area contributed by atoms with Crippen LogP contribution in [0.15, 0.2) is 24.3 Å². The second kappa shape index (κ2) is 9.92. The van der Waals surface area contributed by atoms with Crippen LogP contribution in [-0.2, 0) is 16.1 Å². The second-order valence-electron chi connectivity index (χ2n) is 7.84. The van der Waals surface area contributed by atoms with Gasteiger partial charge in [0.15, 0.2) is 0 Å². The Balaban J connectivity index is 1.43. The lowest BCUT2D eigenvalue weighted by Crippen LogP contribution is -2.50. The Morgan fingerprint density at radius 2 is 1.68 bits per heavy atom. The molecule has 154 valence electrons. The number of nitrogens with zero attached hydrogens (tertiary/aromatic N) is 2. The van der Waals surface area contributed by atoms with E-state index >= 15 is 0 Å². The normalized spacial score (nSPS) is 23.3. The van der Waals surface area contributed by atoms with Gasteiger partial charge in [0, 0.05) is 50.1 Å². The van der Waals surface area contributed by atoms with Crippen molar-refractivity contribution in [3.63, 3.8) is 0 Å². The maximum Gasteiger partial charge on any atom is 0.225 e. The van der Waals surface area contributed by atoms with Gasteiger partial charge in [0.05, 0.1) is 7.11 Å². The summed E-state index contributed by atoms with van der Waals surface area (Å²) in [6, 6.07) is 7.73. The molecule has 3 rings (SSSR count). The molecule has 28 heavy (non-hydrogen) atoms. The molecule has 1 saturated carbocycles. The Bertz CT molecular complexity index is 663. The first kappa shape index (κ1) is 20.6. The number of carbonyl (C=O) groups excluding carboxylic acids is 2. The fourth-order valence-electron chi connectivity index (χ4n) is 4.32. The van der Waals surface area contributed by atoms with Crippen LogP contribution in [0.3, 0.4) is 0 Å². The van der Waals surface area contributed by atoms with Crippen LogP contribution in [0.2, 0.25) is 0 Å². The van der Waals surface area contributed by atoms with Crippen LogP contribution >= 0.6 is 0 Å². The first-order valence-corrected chi connectivity index (χ1v) is 10.5. The number of methoxy groups -OCH3 is 1. The molecule has 0 unspecified atom stereocenters. The lowest BCUT2D eigenvalue weighted by atomic mass is 9.80. The quantitative estimate of drug-likeness (QED) is 0.814. The van der Waals surface area contributed by atoms with Gasteiger partial charge < -0.3 is 19.9 Å². The summed E-state index contributed by atoms with van der Waals surface area (Å²) in [4.78, 5) is 29.8. The largest absolute Gasteiger partial charge is 0.496 e. The van der Waals surface area contributed by atoms with Crippen molar-refractivity contribution in [1.29, 1.82) is 0 Å². The molecule has 2 aliphatic rings. The summed E-state index contributed by atoms with van der Waals surface area (Å²) < 4.78 is 5.34. The van der Waals surface area contributed by atoms with Crippen molar-refractivity contribution in [2.75, 3.05) is 39.8 Å². The highest BCUT2D eigenvalue weighted by Crippen LogP contribution is 2.30. The summed E-state index contributed by atoms with van der Waals surface area (Å²) >= 11 is 0. The Morgan fingerprint density at radius 1 is 1.04 bits per heavy atom. The summed E-state index contributed by atoms with van der Waals surface area (Å²) in [6.45, 7) is 7.32. The van der Waals surface area contributed by atoms with Crippen LogP contribution in [0.4, 0.5) is 0 Å². The number of amides is 2. The SMILES string of the molecule is CCN1CCN(C(=O)C2CCC(C(=O)NCc3ccccc3OC)CC2)CC1. The highest BCUT2D eigenvalue weighted by molar-refractivity contribution is 5.81. The van der Waals surface area contributed by atoms with Crippen LogP contribution < -0.4 is 10.1 Å². The molecular weight excluding hydrogens is 354 g/mol. The highest BCUT2D eigenvalue weighted by Gasteiger charge is 2.33. The van der Waals surface area contributed by atoms with Gasteiger partial charge in [-0.15, -0.1) is 0 Å². The lowest BCUT2D eigenvalue weighted by Gasteiger charge is -2.37. The number of hydrogen-bond acceptors (Lipinski definition) is 4. The van der Waals surface area contributed by atoms with E-state index in [0.29, 0.717) is 12.5 Å². The van der Waals surface area contributed by atoms with E-state index in [1.165, 1.54) is 0 Å². The summed E-state index contributed by atoms with van der Waals surface area (Å²) in [7, 11) is 1.64. The number of hydrogen-bond donors (Lipinski definition) is 1. The van der Waals surface area contributed by atoms with E-state index in [4.69, 9.17) is 4.74 Å². The van der Waals surface area contributed by atoms with Crippen LogP contribution in [-0.4, -0.2) is 61.4 Å². The molecule has 1 saturated heterocycles. The number of para-hydroxylation sites is 1. The molecule has 0 spiro atoms. The van der Waals surface area contributed by atoms with Gasteiger partial charge in [-0.1, -0.05) is 25.1 Å². The van der Waals surface area contributed by atoms with Crippen LogP contribution in [0.25, 0.3) is 0 Å². The average molecular weight is 388 g/mol. The van der Waals surface area contributed by atoms with Crippen LogP contribution in [0.5, 0.6) is 5.75 Å². The van der Waals surface area contributed by atoms with Gasteiger partial charge in [-0.05, 0) is 38.3 Å². The predicted molar refractivity (Wildman–Crippen MR) is 109 cm³/mol. The number of nitrogens with one attached hydrogen (secondary N) is 1. The molecule has 1 aliphatic heterocycles. The van der Waals surface area contributed by atoms with Crippen molar-refractivity contribution in [3.05, 3.63) is 29.8 Å². The van der Waals surface area contributed by atoms with Crippen LogP contribution in [0, 0.1) is 11.8 Å². The van der Waals surface area contributed by atoms with E-state index in [9.17, 15) is 9.59 Å². The molecule has 1 aromatic carbocycles. The standard InChI is InChI=1S/C22H33N3O3/c1-3-24-12-14-25(15-13-24)22(27)18-10-8-17(9-11-18)21(26)23-16-19-6-4-5-7-20(19)28-2/h4-7,17-18H,3,8-16H2,1-2H3,(H,23,26).